The zero-order valence-electron chi connectivity index (χ0n) is 6.16. The summed E-state index contributed by atoms with van der Waals surface area (Å²) < 4.78 is 0. The Bertz CT molecular complexity index is 296. The van der Waals surface area contributed by atoms with E-state index in [1.165, 1.54) is 11.8 Å². The van der Waals surface area contributed by atoms with Crippen LogP contribution in [0, 0.1) is 11.2 Å². The summed E-state index contributed by atoms with van der Waals surface area (Å²) in [5, 5.41) is 12.1. The molecule has 0 spiro atoms. The van der Waals surface area contributed by atoms with Crippen molar-refractivity contribution in [3.05, 3.63) is 24.3 Å². The number of aromatic hydroxyl groups is 1. The van der Waals surface area contributed by atoms with Crippen LogP contribution in [-0.2, 0) is 0 Å². The lowest BCUT2D eigenvalue weighted by molar-refractivity contribution is 0.462. The summed E-state index contributed by atoms with van der Waals surface area (Å²) in [4.78, 5) is 0.807. The van der Waals surface area contributed by atoms with Gasteiger partial charge in [-0.3, -0.25) is 0 Å². The van der Waals surface area contributed by atoms with E-state index in [2.05, 4.69) is 11.2 Å². The molecule has 0 radical (unpaired) electrons. The fraction of sp³-hybridized carbons (Fsp3) is 0.111. The first-order chi connectivity index (χ1) is 5.34. The van der Waals surface area contributed by atoms with E-state index < -0.39 is 0 Å². The SMILES string of the molecule is CC#CSc1ccccc1O. The first-order valence-electron chi connectivity index (χ1n) is 3.21. The molecule has 0 aromatic heterocycles. The maximum absolute atomic E-state index is 9.25. The van der Waals surface area contributed by atoms with Gasteiger partial charge in [0.2, 0.25) is 0 Å². The molecular formula is C9H8OS. The molecule has 56 valence electrons. The maximum atomic E-state index is 9.25. The van der Waals surface area contributed by atoms with Crippen LogP contribution in [0.25, 0.3) is 0 Å². The Morgan fingerprint density at radius 2 is 2.09 bits per heavy atom. The number of hydrogen-bond donors (Lipinski definition) is 1. The number of hydrogen-bond acceptors (Lipinski definition) is 2. The largest absolute Gasteiger partial charge is 0.507 e. The smallest absolute Gasteiger partial charge is 0.130 e. The molecule has 1 N–H and O–H groups in total. The predicted molar refractivity (Wildman–Crippen MR) is 47.4 cm³/mol. The van der Waals surface area contributed by atoms with Gasteiger partial charge in [-0.25, -0.2) is 0 Å². The third-order valence-corrected chi connectivity index (χ3v) is 2.00. The molecule has 0 saturated carbocycles. The van der Waals surface area contributed by atoms with E-state index in [1.807, 2.05) is 12.1 Å². The van der Waals surface area contributed by atoms with Gasteiger partial charge in [-0.1, -0.05) is 18.1 Å². The Kier molecular flexibility index (Phi) is 2.88. The highest BCUT2D eigenvalue weighted by Gasteiger charge is 1.95. The fourth-order valence-electron chi connectivity index (χ4n) is 0.649. The molecule has 0 saturated heterocycles. The molecule has 1 aromatic rings. The number of thioether (sulfide) groups is 1. The van der Waals surface area contributed by atoms with Crippen LogP contribution in [0.4, 0.5) is 0 Å². The zero-order valence-corrected chi connectivity index (χ0v) is 6.98. The number of rotatable bonds is 1. The van der Waals surface area contributed by atoms with Crippen LogP contribution in [-0.4, -0.2) is 5.11 Å². The quantitative estimate of drug-likeness (QED) is 0.508. The van der Waals surface area contributed by atoms with Gasteiger partial charge in [-0.05, 0) is 36.1 Å². The van der Waals surface area contributed by atoms with Crippen molar-refractivity contribution in [3.63, 3.8) is 0 Å². The van der Waals surface area contributed by atoms with Crippen LogP contribution in [0.3, 0.4) is 0 Å². The first kappa shape index (κ1) is 8.03. The van der Waals surface area contributed by atoms with E-state index >= 15 is 0 Å². The van der Waals surface area contributed by atoms with Crippen LogP contribution in [0.1, 0.15) is 6.92 Å². The normalized spacial score (nSPS) is 8.45. The van der Waals surface area contributed by atoms with E-state index in [-0.39, 0.29) is 0 Å². The second-order valence-corrected chi connectivity index (χ2v) is 2.77. The van der Waals surface area contributed by atoms with Gasteiger partial charge in [0, 0.05) is 0 Å². The molecule has 1 aromatic carbocycles. The molecule has 0 unspecified atom stereocenters. The molecule has 1 rings (SSSR count). The zero-order chi connectivity index (χ0) is 8.10. The number of phenols is 1. The second kappa shape index (κ2) is 3.95. The summed E-state index contributed by atoms with van der Waals surface area (Å²) in [7, 11) is 0. The molecule has 0 aliphatic carbocycles. The summed E-state index contributed by atoms with van der Waals surface area (Å²) in [6.07, 6.45) is 0. The fourth-order valence-corrected chi connectivity index (χ4v) is 1.18. The Hall–Kier alpha value is -1.07. The van der Waals surface area contributed by atoms with E-state index in [0.29, 0.717) is 5.75 Å². The Morgan fingerprint density at radius 1 is 1.36 bits per heavy atom. The van der Waals surface area contributed by atoms with Crippen LogP contribution in [0.2, 0.25) is 0 Å². The second-order valence-electron chi connectivity index (χ2n) is 1.92. The topological polar surface area (TPSA) is 20.2 Å². The van der Waals surface area contributed by atoms with Crippen LogP contribution >= 0.6 is 11.8 Å². The molecule has 0 aliphatic rings. The van der Waals surface area contributed by atoms with Crippen molar-refractivity contribution >= 4 is 11.8 Å². The van der Waals surface area contributed by atoms with E-state index in [9.17, 15) is 5.11 Å². The molecule has 2 heteroatoms. The van der Waals surface area contributed by atoms with E-state index in [0.717, 1.165) is 4.90 Å². The third-order valence-electron chi connectivity index (χ3n) is 1.13. The Balaban J connectivity index is 2.83. The standard InChI is InChI=1S/C9H8OS/c1-2-7-11-9-6-4-3-5-8(9)10/h3-6,10H,1H3. The van der Waals surface area contributed by atoms with Crippen LogP contribution in [0.5, 0.6) is 5.75 Å². The number of para-hydroxylation sites is 1. The van der Waals surface area contributed by atoms with Crippen molar-refractivity contribution < 1.29 is 5.11 Å². The van der Waals surface area contributed by atoms with Crippen LogP contribution in [0.15, 0.2) is 29.2 Å². The van der Waals surface area contributed by atoms with Gasteiger partial charge < -0.3 is 5.11 Å². The molecule has 0 amide bonds. The van der Waals surface area contributed by atoms with Crippen molar-refractivity contribution in [1.29, 1.82) is 0 Å². The van der Waals surface area contributed by atoms with Crippen molar-refractivity contribution in [3.8, 4) is 16.9 Å². The molecule has 0 atom stereocenters. The first-order valence-corrected chi connectivity index (χ1v) is 4.03. The molecule has 11 heavy (non-hydrogen) atoms. The van der Waals surface area contributed by atoms with Crippen molar-refractivity contribution in [2.24, 2.45) is 0 Å². The summed E-state index contributed by atoms with van der Waals surface area (Å²) in [6.45, 7) is 1.77. The molecule has 0 aliphatic heterocycles. The van der Waals surface area contributed by atoms with E-state index in [4.69, 9.17) is 0 Å². The van der Waals surface area contributed by atoms with Crippen LogP contribution < -0.4 is 0 Å². The van der Waals surface area contributed by atoms with Crippen molar-refractivity contribution in [2.75, 3.05) is 0 Å². The van der Waals surface area contributed by atoms with Crippen molar-refractivity contribution in [2.45, 2.75) is 11.8 Å². The predicted octanol–water partition coefficient (Wildman–Crippen LogP) is 2.47. The van der Waals surface area contributed by atoms with E-state index in [1.54, 1.807) is 19.1 Å². The highest BCUT2D eigenvalue weighted by Crippen LogP contribution is 2.26. The summed E-state index contributed by atoms with van der Waals surface area (Å²) in [6, 6.07) is 7.15. The Morgan fingerprint density at radius 3 is 2.73 bits per heavy atom. The lowest BCUT2D eigenvalue weighted by Crippen LogP contribution is -1.68. The monoisotopic (exact) mass is 164 g/mol. The average Bonchev–Trinajstić information content (AvgIpc) is 2.03. The molecule has 0 bridgehead atoms. The molecular weight excluding hydrogens is 156 g/mol. The summed E-state index contributed by atoms with van der Waals surface area (Å²) in [5.74, 6) is 3.04. The van der Waals surface area contributed by atoms with Crippen molar-refractivity contribution in [1.82, 2.24) is 0 Å². The highest BCUT2D eigenvalue weighted by molar-refractivity contribution is 8.04. The van der Waals surface area contributed by atoms with Gasteiger partial charge in [-0.2, -0.15) is 0 Å². The minimum Gasteiger partial charge on any atom is -0.507 e. The van der Waals surface area contributed by atoms with Gasteiger partial charge in [-0.15, -0.1) is 0 Å². The average molecular weight is 164 g/mol. The highest BCUT2D eigenvalue weighted by atomic mass is 32.2. The minimum absolute atomic E-state index is 0.292. The lowest BCUT2D eigenvalue weighted by Gasteiger charge is -1.95. The number of phenolic OH excluding ortho intramolecular Hbond substituents is 1. The van der Waals surface area contributed by atoms with Gasteiger partial charge >= 0.3 is 0 Å². The lowest BCUT2D eigenvalue weighted by atomic mass is 10.3. The minimum atomic E-state index is 0.292. The molecule has 0 fully saturated rings. The molecule has 0 heterocycles. The van der Waals surface area contributed by atoms with Gasteiger partial charge in [0.15, 0.2) is 0 Å². The third kappa shape index (κ3) is 2.21. The Labute approximate surface area is 70.4 Å². The summed E-state index contributed by atoms with van der Waals surface area (Å²) >= 11 is 1.34. The number of benzene rings is 1. The maximum Gasteiger partial charge on any atom is 0.130 e. The molecule has 1 nitrogen and oxygen atoms in total. The van der Waals surface area contributed by atoms with Gasteiger partial charge in [0.05, 0.1) is 4.90 Å². The van der Waals surface area contributed by atoms with Gasteiger partial charge in [0.1, 0.15) is 5.75 Å². The van der Waals surface area contributed by atoms with Gasteiger partial charge in [0.25, 0.3) is 0 Å². The summed E-state index contributed by atoms with van der Waals surface area (Å²) in [5.41, 5.74) is 0.